The second kappa shape index (κ2) is 6.22. The monoisotopic (exact) mass is 294 g/mol. The highest BCUT2D eigenvalue weighted by Gasteiger charge is 2.24. The Hall–Kier alpha value is -2.29. The number of ether oxygens (including phenoxy) is 1. The summed E-state index contributed by atoms with van der Waals surface area (Å²) in [6.07, 6.45) is 1.89. The van der Waals surface area contributed by atoms with Gasteiger partial charge in [0.25, 0.3) is 0 Å². The molecule has 3 nitrogen and oxygen atoms in total. The van der Waals surface area contributed by atoms with Crippen molar-refractivity contribution in [1.29, 1.82) is 0 Å². The standard InChI is InChI=1S/C19H22N2O/c1-4-19-20-17-8-6-5-7-15(17)13-18(21(19)2)14-9-11-16(22-3)12-10-14/h5-12,18H,4,13H2,1-3H3. The van der Waals surface area contributed by atoms with E-state index in [1.807, 2.05) is 12.1 Å². The van der Waals surface area contributed by atoms with Crippen molar-refractivity contribution in [3.05, 3.63) is 59.7 Å². The van der Waals surface area contributed by atoms with Crippen LogP contribution in [0.3, 0.4) is 0 Å². The van der Waals surface area contributed by atoms with Crippen LogP contribution in [0.4, 0.5) is 5.69 Å². The number of nitrogens with zero attached hydrogens (tertiary/aromatic N) is 2. The van der Waals surface area contributed by atoms with Crippen LogP contribution in [-0.4, -0.2) is 24.9 Å². The van der Waals surface area contributed by atoms with Crippen molar-refractivity contribution in [3.63, 3.8) is 0 Å². The summed E-state index contributed by atoms with van der Waals surface area (Å²) in [7, 11) is 3.84. The number of rotatable bonds is 3. The molecule has 0 bridgehead atoms. The number of benzene rings is 2. The lowest BCUT2D eigenvalue weighted by molar-refractivity contribution is 0.369. The molecular weight excluding hydrogens is 272 g/mol. The Labute approximate surface area is 132 Å². The van der Waals surface area contributed by atoms with Gasteiger partial charge >= 0.3 is 0 Å². The summed E-state index contributed by atoms with van der Waals surface area (Å²) in [6.45, 7) is 2.16. The number of aliphatic imine (C=N–C) groups is 1. The molecule has 0 saturated carbocycles. The molecule has 114 valence electrons. The van der Waals surface area contributed by atoms with E-state index in [1.54, 1.807) is 7.11 Å². The molecule has 0 aliphatic carbocycles. The molecule has 1 unspecified atom stereocenters. The van der Waals surface area contributed by atoms with Crippen molar-refractivity contribution in [2.75, 3.05) is 14.2 Å². The predicted molar refractivity (Wildman–Crippen MR) is 91.0 cm³/mol. The Morgan fingerprint density at radius 3 is 2.55 bits per heavy atom. The van der Waals surface area contributed by atoms with Crippen molar-refractivity contribution in [2.24, 2.45) is 4.99 Å². The van der Waals surface area contributed by atoms with Crippen LogP contribution >= 0.6 is 0 Å². The molecule has 1 aliphatic heterocycles. The maximum absolute atomic E-state index is 5.27. The van der Waals surface area contributed by atoms with Crippen molar-refractivity contribution < 1.29 is 4.74 Å². The highest BCUT2D eigenvalue weighted by atomic mass is 16.5. The van der Waals surface area contributed by atoms with E-state index >= 15 is 0 Å². The Morgan fingerprint density at radius 2 is 1.86 bits per heavy atom. The van der Waals surface area contributed by atoms with Gasteiger partial charge in [-0.3, -0.25) is 0 Å². The fourth-order valence-corrected chi connectivity index (χ4v) is 3.03. The first-order valence-electron chi connectivity index (χ1n) is 7.75. The van der Waals surface area contributed by atoms with Crippen LogP contribution in [0.15, 0.2) is 53.5 Å². The number of methoxy groups -OCH3 is 1. The van der Waals surface area contributed by atoms with Gasteiger partial charge in [-0.2, -0.15) is 0 Å². The zero-order valence-electron chi connectivity index (χ0n) is 13.4. The highest BCUT2D eigenvalue weighted by Crippen LogP contribution is 2.33. The molecule has 0 spiro atoms. The lowest BCUT2D eigenvalue weighted by atomic mass is 9.97. The zero-order chi connectivity index (χ0) is 15.5. The number of hydrogen-bond acceptors (Lipinski definition) is 3. The highest BCUT2D eigenvalue weighted by molar-refractivity contribution is 5.86. The van der Waals surface area contributed by atoms with E-state index in [1.165, 1.54) is 11.1 Å². The summed E-state index contributed by atoms with van der Waals surface area (Å²) < 4.78 is 5.27. The Balaban J connectivity index is 2.02. The van der Waals surface area contributed by atoms with Gasteiger partial charge < -0.3 is 9.64 Å². The van der Waals surface area contributed by atoms with Crippen molar-refractivity contribution in [3.8, 4) is 5.75 Å². The second-order valence-electron chi connectivity index (χ2n) is 5.61. The van der Waals surface area contributed by atoms with Gasteiger partial charge in [0, 0.05) is 13.5 Å². The van der Waals surface area contributed by atoms with Crippen LogP contribution in [0, 0.1) is 0 Å². The molecule has 1 heterocycles. The molecule has 0 amide bonds. The van der Waals surface area contributed by atoms with Crippen molar-refractivity contribution >= 4 is 11.5 Å². The number of likely N-dealkylation sites (N-methyl/N-ethyl adjacent to an activating group) is 1. The maximum Gasteiger partial charge on any atom is 0.118 e. The molecule has 0 radical (unpaired) electrons. The Kier molecular flexibility index (Phi) is 4.14. The average molecular weight is 294 g/mol. The summed E-state index contributed by atoms with van der Waals surface area (Å²) in [5.74, 6) is 2.02. The third kappa shape index (κ3) is 2.71. The van der Waals surface area contributed by atoms with Gasteiger partial charge in [-0.05, 0) is 35.7 Å². The summed E-state index contributed by atoms with van der Waals surface area (Å²) in [5.41, 5.74) is 3.70. The molecule has 2 aromatic rings. The molecule has 0 N–H and O–H groups in total. The normalized spacial score (nSPS) is 17.5. The summed E-state index contributed by atoms with van der Waals surface area (Å²) in [5, 5.41) is 0. The van der Waals surface area contributed by atoms with Crippen LogP contribution in [0.1, 0.15) is 30.5 Å². The second-order valence-corrected chi connectivity index (χ2v) is 5.61. The lowest BCUT2D eigenvalue weighted by Crippen LogP contribution is -2.30. The van der Waals surface area contributed by atoms with Crippen LogP contribution in [-0.2, 0) is 6.42 Å². The van der Waals surface area contributed by atoms with E-state index in [2.05, 4.69) is 55.3 Å². The van der Waals surface area contributed by atoms with Crippen LogP contribution in [0.5, 0.6) is 5.75 Å². The van der Waals surface area contributed by atoms with Gasteiger partial charge in [0.2, 0.25) is 0 Å². The van der Waals surface area contributed by atoms with E-state index in [-0.39, 0.29) is 0 Å². The predicted octanol–water partition coefficient (Wildman–Crippen LogP) is 4.36. The average Bonchev–Trinajstić information content (AvgIpc) is 2.72. The van der Waals surface area contributed by atoms with Gasteiger partial charge in [0.15, 0.2) is 0 Å². The largest absolute Gasteiger partial charge is 0.497 e. The molecule has 22 heavy (non-hydrogen) atoms. The number of amidine groups is 1. The molecule has 3 rings (SSSR count). The van der Waals surface area contributed by atoms with E-state index in [0.29, 0.717) is 6.04 Å². The smallest absolute Gasteiger partial charge is 0.118 e. The van der Waals surface area contributed by atoms with Crippen LogP contribution in [0.25, 0.3) is 0 Å². The molecule has 1 atom stereocenters. The first-order chi connectivity index (χ1) is 10.7. The van der Waals surface area contributed by atoms with Crippen molar-refractivity contribution in [1.82, 2.24) is 4.90 Å². The fraction of sp³-hybridized carbons (Fsp3) is 0.316. The first kappa shape index (κ1) is 14.6. The topological polar surface area (TPSA) is 24.8 Å². The van der Waals surface area contributed by atoms with E-state index < -0.39 is 0 Å². The van der Waals surface area contributed by atoms with E-state index in [4.69, 9.17) is 9.73 Å². The van der Waals surface area contributed by atoms with Gasteiger partial charge in [-0.1, -0.05) is 37.3 Å². The summed E-state index contributed by atoms with van der Waals surface area (Å²) in [4.78, 5) is 7.17. The van der Waals surface area contributed by atoms with Gasteiger partial charge in [0.05, 0.1) is 18.8 Å². The van der Waals surface area contributed by atoms with Crippen molar-refractivity contribution in [2.45, 2.75) is 25.8 Å². The quantitative estimate of drug-likeness (QED) is 0.840. The Morgan fingerprint density at radius 1 is 1.14 bits per heavy atom. The minimum Gasteiger partial charge on any atom is -0.497 e. The summed E-state index contributed by atoms with van der Waals surface area (Å²) in [6, 6.07) is 17.1. The number of para-hydroxylation sites is 1. The minimum absolute atomic E-state index is 0.299. The van der Waals surface area contributed by atoms with E-state index in [0.717, 1.165) is 30.1 Å². The number of hydrogen-bond donors (Lipinski definition) is 0. The molecule has 0 saturated heterocycles. The van der Waals surface area contributed by atoms with E-state index in [9.17, 15) is 0 Å². The summed E-state index contributed by atoms with van der Waals surface area (Å²) >= 11 is 0. The van der Waals surface area contributed by atoms with Crippen LogP contribution < -0.4 is 4.74 Å². The van der Waals surface area contributed by atoms with Gasteiger partial charge in [-0.25, -0.2) is 4.99 Å². The molecule has 3 heteroatoms. The fourth-order valence-electron chi connectivity index (χ4n) is 3.03. The molecule has 0 aromatic heterocycles. The molecule has 1 aliphatic rings. The third-order valence-corrected chi connectivity index (χ3v) is 4.35. The first-order valence-corrected chi connectivity index (χ1v) is 7.75. The van der Waals surface area contributed by atoms with Gasteiger partial charge in [0.1, 0.15) is 11.6 Å². The molecule has 0 fully saturated rings. The SMILES string of the molecule is CCC1=Nc2ccccc2CC(c2ccc(OC)cc2)N1C. The number of fused-ring (bicyclic) bond motifs is 1. The maximum atomic E-state index is 5.27. The molecule has 2 aromatic carbocycles. The lowest BCUT2D eigenvalue weighted by Gasteiger charge is -2.29. The Bertz CT molecular complexity index is 676. The molecular formula is C19H22N2O. The van der Waals surface area contributed by atoms with Crippen LogP contribution in [0.2, 0.25) is 0 Å². The third-order valence-electron chi connectivity index (χ3n) is 4.35. The van der Waals surface area contributed by atoms with Gasteiger partial charge in [-0.15, -0.1) is 0 Å². The zero-order valence-corrected chi connectivity index (χ0v) is 13.4. The minimum atomic E-state index is 0.299.